The second-order valence-electron chi connectivity index (χ2n) is 4.87. The summed E-state index contributed by atoms with van der Waals surface area (Å²) in [7, 11) is 0. The third-order valence-corrected chi connectivity index (χ3v) is 3.64. The zero-order valence-corrected chi connectivity index (χ0v) is 12.7. The van der Waals surface area contributed by atoms with Crippen LogP contribution >= 0.6 is 11.6 Å². The maximum absolute atomic E-state index is 12.3. The summed E-state index contributed by atoms with van der Waals surface area (Å²) < 4.78 is 1.63. The minimum absolute atomic E-state index is 0.178. The van der Waals surface area contributed by atoms with Crippen LogP contribution in [0.2, 0.25) is 5.02 Å². The van der Waals surface area contributed by atoms with E-state index >= 15 is 0 Å². The minimum atomic E-state index is -0.178. The molecule has 0 fully saturated rings. The summed E-state index contributed by atoms with van der Waals surface area (Å²) in [4.78, 5) is 12.3. The van der Waals surface area contributed by atoms with Crippen LogP contribution in [0.15, 0.2) is 60.8 Å². The standard InChI is InChI=1S/C17H14ClN3O/c1-12-6-2-3-7-13(12)17(22)19-16-10-11-21(20-16)15-9-5-4-8-14(15)18/h2-11H,1H3,(H,19,20,22). The molecule has 0 aliphatic heterocycles. The van der Waals surface area contributed by atoms with Gasteiger partial charge in [0.05, 0.1) is 10.7 Å². The van der Waals surface area contributed by atoms with Gasteiger partial charge in [0.25, 0.3) is 5.91 Å². The Morgan fingerprint density at radius 3 is 2.59 bits per heavy atom. The van der Waals surface area contributed by atoms with E-state index in [4.69, 9.17) is 11.6 Å². The van der Waals surface area contributed by atoms with Gasteiger partial charge in [0.2, 0.25) is 0 Å². The first-order valence-corrected chi connectivity index (χ1v) is 7.20. The van der Waals surface area contributed by atoms with Gasteiger partial charge in [-0.15, -0.1) is 5.10 Å². The van der Waals surface area contributed by atoms with E-state index < -0.39 is 0 Å². The van der Waals surface area contributed by atoms with Crippen molar-refractivity contribution in [3.8, 4) is 5.69 Å². The molecular weight excluding hydrogens is 298 g/mol. The van der Waals surface area contributed by atoms with Crippen molar-refractivity contribution in [2.75, 3.05) is 5.32 Å². The highest BCUT2D eigenvalue weighted by Gasteiger charge is 2.11. The molecule has 0 saturated carbocycles. The number of carbonyl (C=O) groups is 1. The van der Waals surface area contributed by atoms with Crippen molar-refractivity contribution in [1.82, 2.24) is 9.78 Å². The minimum Gasteiger partial charge on any atom is -0.305 e. The molecule has 0 bridgehead atoms. The van der Waals surface area contributed by atoms with E-state index in [2.05, 4.69) is 10.4 Å². The molecular formula is C17H14ClN3O. The molecule has 1 heterocycles. The largest absolute Gasteiger partial charge is 0.305 e. The fraction of sp³-hybridized carbons (Fsp3) is 0.0588. The summed E-state index contributed by atoms with van der Waals surface area (Å²) in [5.41, 5.74) is 2.32. The number of rotatable bonds is 3. The molecule has 5 heteroatoms. The summed E-state index contributed by atoms with van der Waals surface area (Å²) >= 11 is 6.14. The highest BCUT2D eigenvalue weighted by Crippen LogP contribution is 2.20. The van der Waals surface area contributed by atoms with E-state index in [-0.39, 0.29) is 5.91 Å². The molecule has 0 spiro atoms. The van der Waals surface area contributed by atoms with Gasteiger partial charge in [-0.25, -0.2) is 4.68 Å². The van der Waals surface area contributed by atoms with Gasteiger partial charge in [0.1, 0.15) is 0 Å². The van der Waals surface area contributed by atoms with Crippen LogP contribution in [0.3, 0.4) is 0 Å². The van der Waals surface area contributed by atoms with E-state index in [0.29, 0.717) is 16.4 Å². The molecule has 3 rings (SSSR count). The Balaban J connectivity index is 1.82. The predicted octanol–water partition coefficient (Wildman–Crippen LogP) is 4.09. The van der Waals surface area contributed by atoms with Crippen molar-refractivity contribution in [3.63, 3.8) is 0 Å². The molecule has 0 saturated heterocycles. The van der Waals surface area contributed by atoms with Crippen LogP contribution in [-0.4, -0.2) is 15.7 Å². The lowest BCUT2D eigenvalue weighted by molar-refractivity contribution is 0.102. The summed E-state index contributed by atoms with van der Waals surface area (Å²) in [5.74, 6) is 0.302. The van der Waals surface area contributed by atoms with Crippen molar-refractivity contribution >= 4 is 23.3 Å². The molecule has 0 unspecified atom stereocenters. The zero-order valence-electron chi connectivity index (χ0n) is 12.0. The fourth-order valence-electron chi connectivity index (χ4n) is 2.17. The highest BCUT2D eigenvalue weighted by atomic mass is 35.5. The second-order valence-corrected chi connectivity index (χ2v) is 5.27. The molecule has 3 aromatic rings. The van der Waals surface area contributed by atoms with Gasteiger partial charge in [-0.1, -0.05) is 41.9 Å². The molecule has 1 N–H and O–H groups in total. The van der Waals surface area contributed by atoms with Crippen LogP contribution < -0.4 is 5.32 Å². The number of benzene rings is 2. The summed E-state index contributed by atoms with van der Waals surface area (Å²) in [6, 6.07) is 16.6. The van der Waals surface area contributed by atoms with Crippen molar-refractivity contribution in [2.45, 2.75) is 6.92 Å². The van der Waals surface area contributed by atoms with E-state index in [1.165, 1.54) is 0 Å². The maximum Gasteiger partial charge on any atom is 0.257 e. The summed E-state index contributed by atoms with van der Waals surface area (Å²) in [6.07, 6.45) is 1.76. The number of carbonyl (C=O) groups excluding carboxylic acids is 1. The van der Waals surface area contributed by atoms with Crippen LogP contribution in [-0.2, 0) is 0 Å². The van der Waals surface area contributed by atoms with Gasteiger partial charge in [-0.2, -0.15) is 0 Å². The summed E-state index contributed by atoms with van der Waals surface area (Å²) in [6.45, 7) is 1.90. The highest BCUT2D eigenvalue weighted by molar-refractivity contribution is 6.32. The number of hydrogen-bond donors (Lipinski definition) is 1. The molecule has 2 aromatic carbocycles. The van der Waals surface area contributed by atoms with Gasteiger partial charge in [0, 0.05) is 17.8 Å². The lowest BCUT2D eigenvalue weighted by Crippen LogP contribution is -2.13. The number of aryl methyl sites for hydroxylation is 1. The lowest BCUT2D eigenvalue weighted by atomic mass is 10.1. The monoisotopic (exact) mass is 311 g/mol. The van der Waals surface area contributed by atoms with Gasteiger partial charge in [0.15, 0.2) is 5.82 Å². The molecule has 110 valence electrons. The van der Waals surface area contributed by atoms with Crippen LogP contribution in [0, 0.1) is 6.92 Å². The SMILES string of the molecule is Cc1ccccc1C(=O)Nc1ccn(-c2ccccc2Cl)n1. The van der Waals surface area contributed by atoms with Crippen LogP contribution in [0.25, 0.3) is 5.69 Å². The Morgan fingerprint density at radius 1 is 1.09 bits per heavy atom. The first-order valence-electron chi connectivity index (χ1n) is 6.83. The number of aromatic nitrogens is 2. The molecule has 0 aliphatic rings. The lowest BCUT2D eigenvalue weighted by Gasteiger charge is -2.05. The molecule has 0 radical (unpaired) electrons. The number of amides is 1. The third kappa shape index (κ3) is 2.87. The molecule has 4 nitrogen and oxygen atoms in total. The molecule has 1 amide bonds. The van der Waals surface area contributed by atoms with Crippen molar-refractivity contribution in [3.05, 3.63) is 76.9 Å². The Kier molecular flexibility index (Phi) is 3.94. The Labute approximate surface area is 133 Å². The first kappa shape index (κ1) is 14.4. The topological polar surface area (TPSA) is 46.9 Å². The Bertz CT molecular complexity index is 826. The first-order chi connectivity index (χ1) is 10.6. The number of hydrogen-bond acceptors (Lipinski definition) is 2. The Morgan fingerprint density at radius 2 is 1.82 bits per heavy atom. The number of nitrogens with one attached hydrogen (secondary N) is 1. The quantitative estimate of drug-likeness (QED) is 0.792. The fourth-order valence-corrected chi connectivity index (χ4v) is 2.40. The van der Waals surface area contributed by atoms with Gasteiger partial charge in [-0.3, -0.25) is 4.79 Å². The van der Waals surface area contributed by atoms with E-state index in [1.54, 1.807) is 29.1 Å². The molecule has 1 aromatic heterocycles. The van der Waals surface area contributed by atoms with Crippen LogP contribution in [0.1, 0.15) is 15.9 Å². The Hall–Kier alpha value is -2.59. The average Bonchev–Trinajstić information content (AvgIpc) is 2.96. The second kappa shape index (κ2) is 6.03. The summed E-state index contributed by atoms with van der Waals surface area (Å²) in [5, 5.41) is 7.73. The smallest absolute Gasteiger partial charge is 0.257 e. The molecule has 0 atom stereocenters. The normalized spacial score (nSPS) is 10.5. The van der Waals surface area contributed by atoms with Crippen LogP contribution in [0.5, 0.6) is 0 Å². The maximum atomic E-state index is 12.3. The van der Waals surface area contributed by atoms with E-state index in [1.807, 2.05) is 43.3 Å². The van der Waals surface area contributed by atoms with Crippen molar-refractivity contribution in [1.29, 1.82) is 0 Å². The average molecular weight is 312 g/mol. The number of para-hydroxylation sites is 1. The van der Waals surface area contributed by atoms with Crippen molar-refractivity contribution in [2.24, 2.45) is 0 Å². The number of halogens is 1. The number of anilines is 1. The van der Waals surface area contributed by atoms with Crippen molar-refractivity contribution < 1.29 is 4.79 Å². The molecule has 0 aliphatic carbocycles. The van der Waals surface area contributed by atoms with Gasteiger partial charge >= 0.3 is 0 Å². The third-order valence-electron chi connectivity index (χ3n) is 3.32. The number of nitrogens with zero attached hydrogens (tertiary/aromatic N) is 2. The van der Waals surface area contributed by atoms with Crippen LogP contribution in [0.4, 0.5) is 5.82 Å². The van der Waals surface area contributed by atoms with E-state index in [9.17, 15) is 4.79 Å². The molecule has 22 heavy (non-hydrogen) atoms. The zero-order chi connectivity index (χ0) is 15.5. The van der Waals surface area contributed by atoms with E-state index in [0.717, 1.165) is 11.3 Å². The predicted molar refractivity (Wildman–Crippen MR) is 87.7 cm³/mol. The van der Waals surface area contributed by atoms with Gasteiger partial charge < -0.3 is 5.32 Å². The van der Waals surface area contributed by atoms with Gasteiger partial charge in [-0.05, 0) is 30.7 Å².